The van der Waals surface area contributed by atoms with Crippen LogP contribution in [-0.2, 0) is 9.84 Å². The number of anilines is 1. The largest absolute Gasteiger partial charge is 0.351 e. The van der Waals surface area contributed by atoms with E-state index in [4.69, 9.17) is 0 Å². The minimum absolute atomic E-state index is 0.0109. The van der Waals surface area contributed by atoms with Crippen LogP contribution in [-0.4, -0.2) is 47.9 Å². The lowest BCUT2D eigenvalue weighted by molar-refractivity contribution is 0.0936. The third-order valence-corrected chi connectivity index (χ3v) is 5.13. The molecule has 0 aromatic carbocycles. The average Bonchev–Trinajstić information content (AvgIpc) is 3.14. The second kappa shape index (κ2) is 5.01. The number of nitrogens with one attached hydrogen (secondary N) is 2. The van der Waals surface area contributed by atoms with Gasteiger partial charge in [0.25, 0.3) is 5.91 Å². The zero-order chi connectivity index (χ0) is 14.2. The quantitative estimate of drug-likeness (QED) is 0.809. The number of hydrogen-bond acceptors (Lipinski definition) is 6. The topological polar surface area (TPSA) is 101 Å². The van der Waals surface area contributed by atoms with E-state index >= 15 is 0 Å². The smallest absolute Gasteiger partial charge is 0.270 e. The van der Waals surface area contributed by atoms with E-state index in [2.05, 4.69) is 20.6 Å². The lowest BCUT2D eigenvalue weighted by atomic mass is 10.2. The van der Waals surface area contributed by atoms with E-state index < -0.39 is 9.84 Å². The van der Waals surface area contributed by atoms with E-state index in [0.29, 0.717) is 18.4 Å². The standard InChI is InChI=1S/C12H16N4O3S/c17-11(14-9-4-6-20(18,19)7-9)10-3-5-13-12(16-10)15-8-1-2-8/h3,5,8-9H,1-2,4,6-7H2,(H,14,17)(H,13,15,16). The van der Waals surface area contributed by atoms with E-state index in [1.165, 1.54) is 12.3 Å². The number of aromatic nitrogens is 2. The Morgan fingerprint density at radius 2 is 2.05 bits per heavy atom. The maximum Gasteiger partial charge on any atom is 0.270 e. The molecule has 108 valence electrons. The molecule has 20 heavy (non-hydrogen) atoms. The predicted molar refractivity (Wildman–Crippen MR) is 73.2 cm³/mol. The van der Waals surface area contributed by atoms with Crippen molar-refractivity contribution in [3.63, 3.8) is 0 Å². The van der Waals surface area contributed by atoms with E-state index in [1.807, 2.05) is 0 Å². The summed E-state index contributed by atoms with van der Waals surface area (Å²) in [5.74, 6) is 0.236. The minimum Gasteiger partial charge on any atom is -0.351 e. The maximum atomic E-state index is 12.0. The average molecular weight is 296 g/mol. The summed E-state index contributed by atoms with van der Waals surface area (Å²) in [5.41, 5.74) is 0.257. The maximum absolute atomic E-state index is 12.0. The van der Waals surface area contributed by atoms with Crippen LogP contribution < -0.4 is 10.6 Å². The number of sulfone groups is 1. The predicted octanol–water partition coefficient (Wildman–Crippen LogP) is -0.0322. The van der Waals surface area contributed by atoms with Crippen molar-refractivity contribution in [2.24, 2.45) is 0 Å². The molecule has 0 bridgehead atoms. The summed E-state index contributed by atoms with van der Waals surface area (Å²) in [6.45, 7) is 0. The number of hydrogen-bond donors (Lipinski definition) is 2. The van der Waals surface area contributed by atoms with Gasteiger partial charge in [0.15, 0.2) is 9.84 Å². The first kappa shape index (κ1) is 13.3. The van der Waals surface area contributed by atoms with Crippen molar-refractivity contribution in [3.05, 3.63) is 18.0 Å². The summed E-state index contributed by atoms with van der Waals surface area (Å²) >= 11 is 0. The molecule has 1 aromatic heterocycles. The summed E-state index contributed by atoms with van der Waals surface area (Å²) in [6.07, 6.45) is 4.18. The molecule has 1 aliphatic heterocycles. The zero-order valence-corrected chi connectivity index (χ0v) is 11.7. The Kier molecular flexibility index (Phi) is 3.33. The molecule has 2 N–H and O–H groups in total. The number of amides is 1. The molecule has 3 rings (SSSR count). The molecule has 0 radical (unpaired) electrons. The first-order valence-corrected chi connectivity index (χ1v) is 8.45. The van der Waals surface area contributed by atoms with Crippen LogP contribution in [0.2, 0.25) is 0 Å². The molecule has 2 heterocycles. The van der Waals surface area contributed by atoms with Crippen molar-refractivity contribution in [1.82, 2.24) is 15.3 Å². The lowest BCUT2D eigenvalue weighted by Gasteiger charge is -2.10. The minimum atomic E-state index is -3.00. The first-order chi connectivity index (χ1) is 9.52. The Morgan fingerprint density at radius 1 is 1.25 bits per heavy atom. The van der Waals surface area contributed by atoms with Crippen LogP contribution in [0.25, 0.3) is 0 Å². The molecule has 7 nitrogen and oxygen atoms in total. The highest BCUT2D eigenvalue weighted by molar-refractivity contribution is 7.91. The van der Waals surface area contributed by atoms with Gasteiger partial charge in [-0.2, -0.15) is 0 Å². The third kappa shape index (κ3) is 3.24. The molecular formula is C12H16N4O3S. The fourth-order valence-electron chi connectivity index (χ4n) is 2.13. The van der Waals surface area contributed by atoms with Crippen molar-refractivity contribution in [2.75, 3.05) is 16.8 Å². The van der Waals surface area contributed by atoms with Gasteiger partial charge < -0.3 is 10.6 Å². The molecule has 0 spiro atoms. The SMILES string of the molecule is O=C(NC1CCS(=O)(=O)C1)c1ccnc(NC2CC2)n1. The molecule has 2 fully saturated rings. The van der Waals surface area contributed by atoms with Crippen LogP contribution in [0.3, 0.4) is 0 Å². The van der Waals surface area contributed by atoms with Gasteiger partial charge in [0.2, 0.25) is 5.95 Å². The molecule has 2 aliphatic rings. The van der Waals surface area contributed by atoms with Gasteiger partial charge in [0.05, 0.1) is 11.5 Å². The van der Waals surface area contributed by atoms with Crippen LogP contribution in [0.5, 0.6) is 0 Å². The normalized spacial score (nSPS) is 24.3. The highest BCUT2D eigenvalue weighted by Crippen LogP contribution is 2.22. The van der Waals surface area contributed by atoms with E-state index in [9.17, 15) is 13.2 Å². The van der Waals surface area contributed by atoms with Crippen molar-refractivity contribution in [2.45, 2.75) is 31.3 Å². The molecule has 1 aromatic rings. The van der Waals surface area contributed by atoms with Crippen molar-refractivity contribution >= 4 is 21.7 Å². The second-order valence-corrected chi connectivity index (χ2v) is 7.49. The van der Waals surface area contributed by atoms with Crippen LogP contribution >= 0.6 is 0 Å². The summed E-state index contributed by atoms with van der Waals surface area (Å²) in [6, 6.07) is 1.62. The van der Waals surface area contributed by atoms with Crippen LogP contribution in [0.15, 0.2) is 12.3 Å². The van der Waals surface area contributed by atoms with Crippen LogP contribution in [0.4, 0.5) is 5.95 Å². The van der Waals surface area contributed by atoms with Gasteiger partial charge in [-0.3, -0.25) is 4.79 Å². The summed E-state index contributed by atoms with van der Waals surface area (Å²) in [5, 5.41) is 5.83. The molecule has 1 saturated heterocycles. The number of rotatable bonds is 4. The lowest BCUT2D eigenvalue weighted by Crippen LogP contribution is -2.36. The fraction of sp³-hybridized carbons (Fsp3) is 0.583. The highest BCUT2D eigenvalue weighted by Gasteiger charge is 2.29. The van der Waals surface area contributed by atoms with Crippen LogP contribution in [0.1, 0.15) is 29.8 Å². The molecule has 1 amide bonds. The summed E-state index contributed by atoms with van der Waals surface area (Å²) < 4.78 is 22.7. The molecule has 8 heteroatoms. The monoisotopic (exact) mass is 296 g/mol. The Balaban J connectivity index is 1.64. The summed E-state index contributed by atoms with van der Waals surface area (Å²) in [7, 11) is -3.00. The van der Waals surface area contributed by atoms with Gasteiger partial charge in [0.1, 0.15) is 5.69 Å². The van der Waals surface area contributed by atoms with Crippen molar-refractivity contribution in [1.29, 1.82) is 0 Å². The van der Waals surface area contributed by atoms with Gasteiger partial charge in [-0.15, -0.1) is 0 Å². The first-order valence-electron chi connectivity index (χ1n) is 6.63. The van der Waals surface area contributed by atoms with Gasteiger partial charge in [0, 0.05) is 18.3 Å². The molecule has 1 unspecified atom stereocenters. The Bertz CT molecular complexity index is 627. The highest BCUT2D eigenvalue weighted by atomic mass is 32.2. The van der Waals surface area contributed by atoms with Crippen LogP contribution in [0, 0.1) is 0 Å². The third-order valence-electron chi connectivity index (χ3n) is 3.37. The van der Waals surface area contributed by atoms with Crippen molar-refractivity contribution < 1.29 is 13.2 Å². The van der Waals surface area contributed by atoms with Gasteiger partial charge in [-0.25, -0.2) is 18.4 Å². The van der Waals surface area contributed by atoms with Gasteiger partial charge in [-0.05, 0) is 25.3 Å². The second-order valence-electron chi connectivity index (χ2n) is 5.26. The van der Waals surface area contributed by atoms with E-state index in [1.54, 1.807) is 0 Å². The van der Waals surface area contributed by atoms with Crippen molar-refractivity contribution in [3.8, 4) is 0 Å². The van der Waals surface area contributed by atoms with E-state index in [-0.39, 0.29) is 29.1 Å². The number of nitrogens with zero attached hydrogens (tertiary/aromatic N) is 2. The Hall–Kier alpha value is -1.70. The number of carbonyl (C=O) groups is 1. The summed E-state index contributed by atoms with van der Waals surface area (Å²) in [4.78, 5) is 20.2. The molecule has 1 saturated carbocycles. The molecule has 1 atom stereocenters. The molecular weight excluding hydrogens is 280 g/mol. The number of carbonyl (C=O) groups excluding carboxylic acids is 1. The van der Waals surface area contributed by atoms with Gasteiger partial charge >= 0.3 is 0 Å². The fourth-order valence-corrected chi connectivity index (χ4v) is 3.81. The Morgan fingerprint density at radius 3 is 2.70 bits per heavy atom. The van der Waals surface area contributed by atoms with Gasteiger partial charge in [-0.1, -0.05) is 0 Å². The van der Waals surface area contributed by atoms with E-state index in [0.717, 1.165) is 12.8 Å². The Labute approximate surface area is 117 Å². The molecule has 1 aliphatic carbocycles. The zero-order valence-electron chi connectivity index (χ0n) is 10.9.